The highest BCUT2D eigenvalue weighted by molar-refractivity contribution is 5.10. The lowest BCUT2D eigenvalue weighted by molar-refractivity contribution is -0.105. The summed E-state index contributed by atoms with van der Waals surface area (Å²) >= 11 is 0. The summed E-state index contributed by atoms with van der Waals surface area (Å²) in [6, 6.07) is 0. The van der Waals surface area contributed by atoms with Crippen molar-refractivity contribution in [1.82, 2.24) is 10.2 Å². The fourth-order valence-electron chi connectivity index (χ4n) is 6.54. The zero-order valence-corrected chi connectivity index (χ0v) is 13.5. The average molecular weight is 276 g/mol. The molecule has 0 amide bonds. The molecule has 0 aromatic rings. The number of rotatable bonds is 3. The van der Waals surface area contributed by atoms with Crippen LogP contribution >= 0.6 is 0 Å². The van der Waals surface area contributed by atoms with E-state index in [2.05, 4.69) is 24.1 Å². The Morgan fingerprint density at radius 3 is 2.00 bits per heavy atom. The third kappa shape index (κ3) is 1.98. The summed E-state index contributed by atoms with van der Waals surface area (Å²) in [5, 5.41) is 3.85. The van der Waals surface area contributed by atoms with E-state index >= 15 is 0 Å². The summed E-state index contributed by atoms with van der Waals surface area (Å²) in [4.78, 5) is 2.96. The highest BCUT2D eigenvalue weighted by Gasteiger charge is 2.54. The van der Waals surface area contributed by atoms with Crippen LogP contribution in [0.2, 0.25) is 0 Å². The maximum absolute atomic E-state index is 3.85. The van der Waals surface area contributed by atoms with E-state index in [0.717, 1.165) is 17.8 Å². The first-order valence-electron chi connectivity index (χ1n) is 9.17. The SMILES string of the molecule is CCC1(CC)CN(C23CC4CC(CC(C4)C2)C3)CCN1. The molecule has 0 spiro atoms. The second kappa shape index (κ2) is 4.71. The van der Waals surface area contributed by atoms with Gasteiger partial charge in [0, 0.05) is 30.7 Å². The normalized spacial score (nSPS) is 46.8. The first kappa shape index (κ1) is 13.6. The van der Waals surface area contributed by atoms with Crippen LogP contribution < -0.4 is 5.32 Å². The Labute approximate surface area is 124 Å². The molecule has 4 aliphatic carbocycles. The molecule has 4 saturated carbocycles. The molecule has 1 aliphatic heterocycles. The highest BCUT2D eigenvalue weighted by Crippen LogP contribution is 2.58. The molecule has 114 valence electrons. The molecule has 0 unspecified atom stereocenters. The largest absolute Gasteiger partial charge is 0.309 e. The van der Waals surface area contributed by atoms with Gasteiger partial charge in [0.15, 0.2) is 0 Å². The molecule has 1 heterocycles. The van der Waals surface area contributed by atoms with Crippen molar-refractivity contribution in [2.24, 2.45) is 17.8 Å². The predicted octanol–water partition coefficient (Wildman–Crippen LogP) is 3.42. The second-order valence-corrected chi connectivity index (χ2v) is 8.48. The minimum Gasteiger partial charge on any atom is -0.309 e. The van der Waals surface area contributed by atoms with Crippen LogP contribution in [0.5, 0.6) is 0 Å². The number of piperazine rings is 1. The summed E-state index contributed by atoms with van der Waals surface area (Å²) in [5.74, 6) is 3.23. The minimum atomic E-state index is 0.404. The van der Waals surface area contributed by atoms with Gasteiger partial charge in [-0.3, -0.25) is 4.90 Å². The van der Waals surface area contributed by atoms with E-state index in [1.165, 1.54) is 51.7 Å². The lowest BCUT2D eigenvalue weighted by atomic mass is 9.52. The van der Waals surface area contributed by atoms with E-state index in [-0.39, 0.29) is 0 Å². The standard InChI is InChI=1S/C18H32N2/c1-3-17(4-2)13-20(6-5-19-17)18-10-14-7-15(11-18)9-16(8-14)12-18/h14-16,19H,3-13H2,1-2H3. The van der Waals surface area contributed by atoms with Gasteiger partial charge < -0.3 is 5.32 Å². The molecule has 0 radical (unpaired) electrons. The zero-order valence-electron chi connectivity index (χ0n) is 13.5. The van der Waals surface area contributed by atoms with E-state index < -0.39 is 0 Å². The fourth-order valence-corrected chi connectivity index (χ4v) is 6.54. The first-order chi connectivity index (χ1) is 9.67. The van der Waals surface area contributed by atoms with Gasteiger partial charge in [-0.05, 0) is 69.1 Å². The Kier molecular flexibility index (Phi) is 3.20. The lowest BCUT2D eigenvalue weighted by Crippen LogP contribution is -2.68. The maximum Gasteiger partial charge on any atom is 0.0304 e. The van der Waals surface area contributed by atoms with Gasteiger partial charge in [0.1, 0.15) is 0 Å². The van der Waals surface area contributed by atoms with Crippen LogP contribution in [-0.4, -0.2) is 35.6 Å². The van der Waals surface area contributed by atoms with Crippen LogP contribution in [0.25, 0.3) is 0 Å². The van der Waals surface area contributed by atoms with Crippen molar-refractivity contribution in [3.8, 4) is 0 Å². The summed E-state index contributed by atoms with van der Waals surface area (Å²) in [7, 11) is 0. The van der Waals surface area contributed by atoms with Crippen molar-refractivity contribution in [2.45, 2.75) is 76.3 Å². The van der Waals surface area contributed by atoms with Crippen molar-refractivity contribution in [3.63, 3.8) is 0 Å². The van der Waals surface area contributed by atoms with Crippen LogP contribution in [0, 0.1) is 17.8 Å². The maximum atomic E-state index is 3.85. The van der Waals surface area contributed by atoms with Crippen LogP contribution in [-0.2, 0) is 0 Å². The summed E-state index contributed by atoms with van der Waals surface area (Å²) < 4.78 is 0. The molecule has 2 nitrogen and oxygen atoms in total. The summed E-state index contributed by atoms with van der Waals surface area (Å²) in [6.45, 7) is 8.57. The highest BCUT2D eigenvalue weighted by atomic mass is 15.3. The molecule has 0 atom stereocenters. The average Bonchev–Trinajstić information content (AvgIpc) is 2.46. The Hall–Kier alpha value is -0.0800. The molecular weight excluding hydrogens is 244 g/mol. The summed E-state index contributed by atoms with van der Waals surface area (Å²) in [5.41, 5.74) is 1.02. The Morgan fingerprint density at radius 2 is 1.50 bits per heavy atom. The molecular formula is C18H32N2. The van der Waals surface area contributed by atoms with E-state index in [1.54, 1.807) is 19.3 Å². The van der Waals surface area contributed by atoms with Gasteiger partial charge in [0.2, 0.25) is 0 Å². The topological polar surface area (TPSA) is 15.3 Å². The predicted molar refractivity (Wildman–Crippen MR) is 83.8 cm³/mol. The quantitative estimate of drug-likeness (QED) is 0.849. The monoisotopic (exact) mass is 276 g/mol. The molecule has 2 heteroatoms. The molecule has 4 bridgehead atoms. The van der Waals surface area contributed by atoms with Gasteiger partial charge in [-0.1, -0.05) is 13.8 Å². The molecule has 20 heavy (non-hydrogen) atoms. The number of nitrogens with one attached hydrogen (secondary N) is 1. The molecule has 1 N–H and O–H groups in total. The van der Waals surface area contributed by atoms with Gasteiger partial charge in [-0.15, -0.1) is 0 Å². The molecule has 5 aliphatic rings. The third-order valence-corrected chi connectivity index (χ3v) is 7.41. The fraction of sp³-hybridized carbons (Fsp3) is 1.00. The molecule has 5 rings (SSSR count). The Morgan fingerprint density at radius 1 is 0.950 bits per heavy atom. The van der Waals surface area contributed by atoms with E-state index in [0.29, 0.717) is 11.1 Å². The third-order valence-electron chi connectivity index (χ3n) is 7.41. The van der Waals surface area contributed by atoms with Gasteiger partial charge >= 0.3 is 0 Å². The summed E-state index contributed by atoms with van der Waals surface area (Å²) in [6.07, 6.45) is 11.9. The van der Waals surface area contributed by atoms with Gasteiger partial charge in [-0.2, -0.15) is 0 Å². The van der Waals surface area contributed by atoms with Crippen molar-refractivity contribution in [1.29, 1.82) is 0 Å². The van der Waals surface area contributed by atoms with Crippen molar-refractivity contribution in [2.75, 3.05) is 19.6 Å². The smallest absolute Gasteiger partial charge is 0.0304 e. The Bertz CT molecular complexity index is 336. The molecule has 0 aromatic carbocycles. The minimum absolute atomic E-state index is 0.404. The van der Waals surface area contributed by atoms with Gasteiger partial charge in [-0.25, -0.2) is 0 Å². The first-order valence-corrected chi connectivity index (χ1v) is 9.17. The van der Waals surface area contributed by atoms with Crippen LogP contribution in [0.3, 0.4) is 0 Å². The lowest BCUT2D eigenvalue weighted by Gasteiger charge is -2.63. The molecule has 5 fully saturated rings. The van der Waals surface area contributed by atoms with Crippen molar-refractivity contribution >= 4 is 0 Å². The van der Waals surface area contributed by atoms with Crippen LogP contribution in [0.1, 0.15) is 65.2 Å². The van der Waals surface area contributed by atoms with Crippen LogP contribution in [0.15, 0.2) is 0 Å². The van der Waals surface area contributed by atoms with Crippen molar-refractivity contribution < 1.29 is 0 Å². The van der Waals surface area contributed by atoms with Gasteiger partial charge in [0.25, 0.3) is 0 Å². The number of hydrogen-bond donors (Lipinski definition) is 1. The van der Waals surface area contributed by atoms with E-state index in [4.69, 9.17) is 0 Å². The van der Waals surface area contributed by atoms with Crippen LogP contribution in [0.4, 0.5) is 0 Å². The zero-order chi connectivity index (χ0) is 13.8. The van der Waals surface area contributed by atoms with Gasteiger partial charge in [0.05, 0.1) is 0 Å². The second-order valence-electron chi connectivity index (χ2n) is 8.48. The number of nitrogens with zero attached hydrogens (tertiary/aromatic N) is 1. The van der Waals surface area contributed by atoms with E-state index in [1.807, 2.05) is 0 Å². The van der Waals surface area contributed by atoms with E-state index in [9.17, 15) is 0 Å². The Balaban J connectivity index is 1.57. The number of hydrogen-bond acceptors (Lipinski definition) is 2. The molecule has 0 aromatic heterocycles. The van der Waals surface area contributed by atoms with Crippen molar-refractivity contribution in [3.05, 3.63) is 0 Å². The molecule has 1 saturated heterocycles.